The van der Waals surface area contributed by atoms with Gasteiger partial charge in [-0.1, -0.05) is 13.8 Å². The second-order valence-corrected chi connectivity index (χ2v) is 5.92. The fraction of sp³-hybridized carbons (Fsp3) is 0.571. The fourth-order valence-corrected chi connectivity index (χ4v) is 2.47. The first-order valence-electron chi connectivity index (χ1n) is 6.49. The minimum atomic E-state index is -0.450. The maximum atomic E-state index is 11.6. The summed E-state index contributed by atoms with van der Waals surface area (Å²) in [5.74, 6) is 1.62. The summed E-state index contributed by atoms with van der Waals surface area (Å²) in [6, 6.07) is 3.88. The van der Waals surface area contributed by atoms with Crippen LogP contribution in [0.5, 0.6) is 0 Å². The van der Waals surface area contributed by atoms with Crippen molar-refractivity contribution in [2.75, 3.05) is 12.3 Å². The first kappa shape index (κ1) is 16.0. The Bertz CT molecular complexity index is 371. The van der Waals surface area contributed by atoms with E-state index in [1.165, 1.54) is 0 Å². The minimum absolute atomic E-state index is 0.0261. The largest absolute Gasteiger partial charge is 0.391 e. The molecule has 0 aliphatic rings. The summed E-state index contributed by atoms with van der Waals surface area (Å²) in [7, 11) is 0. The summed E-state index contributed by atoms with van der Waals surface area (Å²) in [6.07, 6.45) is 3.76. The quantitative estimate of drug-likeness (QED) is 0.764. The van der Waals surface area contributed by atoms with Crippen LogP contribution in [0.25, 0.3) is 0 Å². The van der Waals surface area contributed by atoms with Crippen molar-refractivity contribution < 1.29 is 9.90 Å². The van der Waals surface area contributed by atoms with Crippen LogP contribution in [-0.2, 0) is 10.5 Å². The van der Waals surface area contributed by atoms with Gasteiger partial charge in [-0.05, 0) is 30.0 Å². The molecule has 1 unspecified atom stereocenters. The smallest absolute Gasteiger partial charge is 0.230 e. The van der Waals surface area contributed by atoms with Crippen molar-refractivity contribution in [1.82, 2.24) is 10.3 Å². The molecule has 0 aromatic carbocycles. The van der Waals surface area contributed by atoms with Crippen molar-refractivity contribution in [3.8, 4) is 0 Å². The molecule has 0 fully saturated rings. The number of aliphatic hydroxyl groups is 1. The average Bonchev–Trinajstić information content (AvgIpc) is 2.37. The Labute approximate surface area is 119 Å². The first-order valence-corrected chi connectivity index (χ1v) is 7.64. The molecule has 19 heavy (non-hydrogen) atoms. The average molecular weight is 282 g/mol. The second-order valence-electron chi connectivity index (χ2n) is 4.94. The Morgan fingerprint density at radius 2 is 2.11 bits per heavy atom. The number of aromatic nitrogens is 1. The molecule has 2 N–H and O–H groups in total. The van der Waals surface area contributed by atoms with E-state index in [1.54, 1.807) is 24.2 Å². The van der Waals surface area contributed by atoms with Crippen LogP contribution >= 0.6 is 11.8 Å². The summed E-state index contributed by atoms with van der Waals surface area (Å²) in [5, 5.41) is 12.4. The van der Waals surface area contributed by atoms with E-state index < -0.39 is 6.10 Å². The van der Waals surface area contributed by atoms with Crippen LogP contribution in [-0.4, -0.2) is 34.4 Å². The van der Waals surface area contributed by atoms with Gasteiger partial charge >= 0.3 is 0 Å². The van der Waals surface area contributed by atoms with E-state index in [4.69, 9.17) is 0 Å². The van der Waals surface area contributed by atoms with Crippen molar-refractivity contribution in [2.24, 2.45) is 5.92 Å². The van der Waals surface area contributed by atoms with Crippen LogP contribution in [0.1, 0.15) is 25.8 Å². The van der Waals surface area contributed by atoms with E-state index in [1.807, 2.05) is 12.1 Å². The standard InChI is InChI=1S/C14H22N2O2S/c1-11(2)7-13(17)8-16-14(18)10-19-9-12-3-5-15-6-4-12/h3-6,11,13,17H,7-10H2,1-2H3,(H,16,18). The number of thioether (sulfide) groups is 1. The third-order valence-corrected chi connectivity index (χ3v) is 3.53. The van der Waals surface area contributed by atoms with E-state index >= 15 is 0 Å². The molecular formula is C14H22N2O2S. The van der Waals surface area contributed by atoms with Crippen LogP contribution in [0.3, 0.4) is 0 Å². The number of nitrogens with zero attached hydrogens (tertiary/aromatic N) is 1. The van der Waals surface area contributed by atoms with Gasteiger partial charge in [0.15, 0.2) is 0 Å². The lowest BCUT2D eigenvalue weighted by molar-refractivity contribution is -0.119. The molecule has 1 heterocycles. The molecule has 1 amide bonds. The van der Waals surface area contributed by atoms with Gasteiger partial charge in [0.25, 0.3) is 0 Å². The number of hydrogen-bond donors (Lipinski definition) is 2. The zero-order valence-corrected chi connectivity index (χ0v) is 12.3. The summed E-state index contributed by atoms with van der Waals surface area (Å²) in [5.41, 5.74) is 1.16. The van der Waals surface area contributed by atoms with Gasteiger partial charge in [-0.2, -0.15) is 0 Å². The number of nitrogens with one attached hydrogen (secondary N) is 1. The predicted molar refractivity (Wildman–Crippen MR) is 78.9 cm³/mol. The predicted octanol–water partition coefficient (Wildman–Crippen LogP) is 1.84. The lowest BCUT2D eigenvalue weighted by atomic mass is 10.1. The third kappa shape index (κ3) is 7.85. The molecule has 4 nitrogen and oxygen atoms in total. The molecule has 1 aromatic rings. The van der Waals surface area contributed by atoms with Crippen LogP contribution < -0.4 is 5.32 Å². The number of rotatable bonds is 8. The normalized spacial score (nSPS) is 12.4. The van der Waals surface area contributed by atoms with Crippen LogP contribution in [0.2, 0.25) is 0 Å². The first-order chi connectivity index (χ1) is 9.08. The SMILES string of the molecule is CC(C)CC(O)CNC(=O)CSCc1ccncc1. The highest BCUT2D eigenvalue weighted by Crippen LogP contribution is 2.10. The van der Waals surface area contributed by atoms with Gasteiger partial charge in [-0.15, -0.1) is 11.8 Å². The van der Waals surface area contributed by atoms with Gasteiger partial charge < -0.3 is 10.4 Å². The lowest BCUT2D eigenvalue weighted by Crippen LogP contribution is -2.33. The molecule has 106 valence electrons. The number of hydrogen-bond acceptors (Lipinski definition) is 4. The number of carbonyl (C=O) groups excluding carboxylic acids is 1. The highest BCUT2D eigenvalue weighted by Gasteiger charge is 2.08. The van der Waals surface area contributed by atoms with Gasteiger partial charge in [0, 0.05) is 24.7 Å². The third-order valence-electron chi connectivity index (χ3n) is 2.53. The summed E-state index contributed by atoms with van der Waals surface area (Å²) in [6.45, 7) is 4.44. The number of aliphatic hydroxyl groups excluding tert-OH is 1. The van der Waals surface area contributed by atoms with Gasteiger partial charge in [0.1, 0.15) is 0 Å². The number of carbonyl (C=O) groups is 1. The Kier molecular flexibility index (Phi) is 7.52. The van der Waals surface area contributed by atoms with Gasteiger partial charge in [0.05, 0.1) is 11.9 Å². The van der Waals surface area contributed by atoms with E-state index in [0.29, 0.717) is 24.6 Å². The molecule has 1 aromatic heterocycles. The molecule has 0 bridgehead atoms. The van der Waals surface area contributed by atoms with Crippen LogP contribution in [0.4, 0.5) is 0 Å². The number of amides is 1. The number of pyridine rings is 1. The molecule has 0 saturated carbocycles. The van der Waals surface area contributed by atoms with Crippen molar-refractivity contribution in [3.63, 3.8) is 0 Å². The molecule has 0 aliphatic carbocycles. The second kappa shape index (κ2) is 8.93. The summed E-state index contributed by atoms with van der Waals surface area (Å²) < 4.78 is 0. The van der Waals surface area contributed by atoms with E-state index in [0.717, 1.165) is 11.3 Å². The highest BCUT2D eigenvalue weighted by molar-refractivity contribution is 7.99. The highest BCUT2D eigenvalue weighted by atomic mass is 32.2. The van der Waals surface area contributed by atoms with Gasteiger partial charge in [0.2, 0.25) is 5.91 Å². The lowest BCUT2D eigenvalue weighted by Gasteiger charge is -2.13. The van der Waals surface area contributed by atoms with Crippen LogP contribution in [0, 0.1) is 5.92 Å². The van der Waals surface area contributed by atoms with Crippen molar-refractivity contribution in [1.29, 1.82) is 0 Å². The molecule has 5 heteroatoms. The van der Waals surface area contributed by atoms with Crippen molar-refractivity contribution in [2.45, 2.75) is 32.1 Å². The van der Waals surface area contributed by atoms with Gasteiger partial charge in [-0.3, -0.25) is 9.78 Å². The topological polar surface area (TPSA) is 62.2 Å². The maximum Gasteiger partial charge on any atom is 0.230 e. The molecule has 0 aliphatic heterocycles. The molecule has 0 radical (unpaired) electrons. The zero-order valence-electron chi connectivity index (χ0n) is 11.5. The Morgan fingerprint density at radius 1 is 1.42 bits per heavy atom. The van der Waals surface area contributed by atoms with Crippen molar-refractivity contribution >= 4 is 17.7 Å². The Hall–Kier alpha value is -1.07. The Balaban J connectivity index is 2.11. The fourth-order valence-electron chi connectivity index (χ4n) is 1.65. The molecular weight excluding hydrogens is 260 g/mol. The summed E-state index contributed by atoms with van der Waals surface area (Å²) in [4.78, 5) is 15.5. The Morgan fingerprint density at radius 3 is 2.74 bits per heavy atom. The zero-order chi connectivity index (χ0) is 14.1. The molecule has 1 atom stereocenters. The maximum absolute atomic E-state index is 11.6. The van der Waals surface area contributed by atoms with Gasteiger partial charge in [-0.25, -0.2) is 0 Å². The van der Waals surface area contributed by atoms with Crippen LogP contribution in [0.15, 0.2) is 24.5 Å². The molecule has 0 spiro atoms. The minimum Gasteiger partial charge on any atom is -0.391 e. The monoisotopic (exact) mass is 282 g/mol. The van der Waals surface area contributed by atoms with E-state index in [-0.39, 0.29) is 5.91 Å². The molecule has 0 saturated heterocycles. The van der Waals surface area contributed by atoms with Crippen molar-refractivity contribution in [3.05, 3.63) is 30.1 Å². The van der Waals surface area contributed by atoms with E-state index in [9.17, 15) is 9.90 Å². The molecule has 1 rings (SSSR count). The summed E-state index contributed by atoms with van der Waals surface area (Å²) >= 11 is 1.56. The van der Waals surface area contributed by atoms with E-state index in [2.05, 4.69) is 24.1 Å².